The number of nitrogens with one attached hydrogen (secondary N) is 1. The van der Waals surface area contributed by atoms with Crippen molar-refractivity contribution in [2.45, 2.75) is 6.04 Å². The second kappa shape index (κ2) is 4.84. The van der Waals surface area contributed by atoms with Crippen molar-refractivity contribution < 1.29 is 4.42 Å². The van der Waals surface area contributed by atoms with Crippen LogP contribution in [0.25, 0.3) is 11.0 Å². The highest BCUT2D eigenvalue weighted by Crippen LogP contribution is 2.25. The van der Waals surface area contributed by atoms with E-state index in [-0.39, 0.29) is 6.04 Å². The molecular weight excluding hydrogens is 200 g/mol. The monoisotopic (exact) mass is 214 g/mol. The third-order valence-corrected chi connectivity index (χ3v) is 2.57. The Kier molecular flexibility index (Phi) is 3.25. The summed E-state index contributed by atoms with van der Waals surface area (Å²) in [6.07, 6.45) is 6.96. The number of fused-ring (bicyclic) bond motifs is 1. The Bertz CT molecular complexity index is 510. The van der Waals surface area contributed by atoms with Gasteiger partial charge < -0.3 is 10.2 Å². The lowest BCUT2D eigenvalue weighted by Gasteiger charge is -2.13. The van der Waals surface area contributed by atoms with Crippen LogP contribution in [0.5, 0.6) is 0 Å². The first kappa shape index (κ1) is 10.7. The third kappa shape index (κ3) is 1.94. The van der Waals surface area contributed by atoms with E-state index in [0.29, 0.717) is 13.1 Å². The van der Waals surface area contributed by atoms with Gasteiger partial charge in [-0.15, -0.1) is 6.42 Å². The fourth-order valence-electron chi connectivity index (χ4n) is 1.77. The molecule has 2 rings (SSSR count). The molecule has 1 aromatic heterocycles. The Morgan fingerprint density at radius 3 is 3.00 bits per heavy atom. The van der Waals surface area contributed by atoms with Crippen molar-refractivity contribution in [2.75, 3.05) is 13.1 Å². The number of terminal acetylenes is 1. The zero-order valence-electron chi connectivity index (χ0n) is 8.94. The summed E-state index contributed by atoms with van der Waals surface area (Å²) in [6, 6.07) is 7.93. The van der Waals surface area contributed by atoms with Gasteiger partial charge in [0.2, 0.25) is 0 Å². The molecule has 0 spiro atoms. The van der Waals surface area contributed by atoms with Gasteiger partial charge >= 0.3 is 0 Å². The molecule has 0 amide bonds. The summed E-state index contributed by atoms with van der Waals surface area (Å²) in [5.41, 5.74) is 7.66. The molecule has 1 unspecified atom stereocenters. The van der Waals surface area contributed by atoms with Crippen molar-refractivity contribution >= 4 is 11.0 Å². The molecule has 0 aliphatic heterocycles. The smallest absolute Gasteiger partial charge is 0.134 e. The van der Waals surface area contributed by atoms with E-state index >= 15 is 0 Å². The maximum atomic E-state index is 5.72. The lowest BCUT2D eigenvalue weighted by molar-refractivity contribution is 0.558. The van der Waals surface area contributed by atoms with E-state index in [2.05, 4.69) is 11.2 Å². The van der Waals surface area contributed by atoms with Gasteiger partial charge in [-0.3, -0.25) is 5.32 Å². The molecule has 1 atom stereocenters. The summed E-state index contributed by atoms with van der Waals surface area (Å²) in [4.78, 5) is 0. The molecule has 0 radical (unpaired) electrons. The SMILES string of the molecule is C#CCNC(CN)c1coc2ccccc12. The molecule has 82 valence electrons. The first-order valence-corrected chi connectivity index (χ1v) is 5.20. The molecule has 0 saturated heterocycles. The van der Waals surface area contributed by atoms with Crippen molar-refractivity contribution in [3.05, 3.63) is 36.1 Å². The molecule has 1 heterocycles. The van der Waals surface area contributed by atoms with Crippen LogP contribution in [0, 0.1) is 12.3 Å². The van der Waals surface area contributed by atoms with Gasteiger partial charge in [-0.05, 0) is 6.07 Å². The third-order valence-electron chi connectivity index (χ3n) is 2.57. The molecule has 0 aliphatic rings. The molecule has 16 heavy (non-hydrogen) atoms. The minimum atomic E-state index is 0.0414. The van der Waals surface area contributed by atoms with Gasteiger partial charge in [0, 0.05) is 23.5 Å². The van der Waals surface area contributed by atoms with Gasteiger partial charge in [0.1, 0.15) is 5.58 Å². The van der Waals surface area contributed by atoms with Crippen LogP contribution < -0.4 is 11.1 Å². The van der Waals surface area contributed by atoms with Crippen LogP contribution in [0.3, 0.4) is 0 Å². The van der Waals surface area contributed by atoms with Crippen molar-refractivity contribution in [3.8, 4) is 12.3 Å². The molecule has 0 bridgehead atoms. The molecule has 3 nitrogen and oxygen atoms in total. The Morgan fingerprint density at radius 2 is 2.25 bits per heavy atom. The highest BCUT2D eigenvalue weighted by Gasteiger charge is 2.14. The van der Waals surface area contributed by atoms with Gasteiger partial charge in [-0.25, -0.2) is 0 Å². The van der Waals surface area contributed by atoms with Crippen LogP contribution in [0.2, 0.25) is 0 Å². The van der Waals surface area contributed by atoms with E-state index in [1.165, 1.54) is 0 Å². The Balaban J connectivity index is 2.34. The number of hydrogen-bond donors (Lipinski definition) is 2. The maximum Gasteiger partial charge on any atom is 0.134 e. The fraction of sp³-hybridized carbons (Fsp3) is 0.231. The van der Waals surface area contributed by atoms with Crippen LogP contribution in [-0.2, 0) is 0 Å². The first-order valence-electron chi connectivity index (χ1n) is 5.20. The van der Waals surface area contributed by atoms with Crippen molar-refractivity contribution in [3.63, 3.8) is 0 Å². The second-order valence-electron chi connectivity index (χ2n) is 3.56. The molecule has 1 aromatic carbocycles. The number of benzene rings is 1. The van der Waals surface area contributed by atoms with Crippen molar-refractivity contribution in [1.29, 1.82) is 0 Å². The van der Waals surface area contributed by atoms with Gasteiger partial charge in [-0.1, -0.05) is 24.1 Å². The molecule has 2 aromatic rings. The van der Waals surface area contributed by atoms with E-state index in [1.54, 1.807) is 6.26 Å². The van der Waals surface area contributed by atoms with Crippen LogP contribution in [-0.4, -0.2) is 13.1 Å². The van der Waals surface area contributed by atoms with Gasteiger partial charge in [0.25, 0.3) is 0 Å². The molecule has 0 fully saturated rings. The van der Waals surface area contributed by atoms with Crippen LogP contribution in [0.4, 0.5) is 0 Å². The Hall–Kier alpha value is -1.76. The van der Waals surface area contributed by atoms with Crippen molar-refractivity contribution in [2.24, 2.45) is 5.73 Å². The topological polar surface area (TPSA) is 51.2 Å². The van der Waals surface area contributed by atoms with Gasteiger partial charge in [0.15, 0.2) is 0 Å². The number of nitrogens with two attached hydrogens (primary N) is 1. The summed E-state index contributed by atoms with van der Waals surface area (Å²) < 4.78 is 5.46. The summed E-state index contributed by atoms with van der Waals surface area (Å²) in [7, 11) is 0. The average molecular weight is 214 g/mol. The number of para-hydroxylation sites is 1. The summed E-state index contributed by atoms with van der Waals surface area (Å²) in [5, 5.41) is 4.28. The highest BCUT2D eigenvalue weighted by atomic mass is 16.3. The average Bonchev–Trinajstić information content (AvgIpc) is 2.75. The largest absolute Gasteiger partial charge is 0.464 e. The standard InChI is InChI=1S/C13H14N2O/c1-2-7-15-12(8-14)11-9-16-13-6-4-3-5-10(11)13/h1,3-6,9,12,15H,7-8,14H2. The van der Waals surface area contributed by atoms with E-state index in [1.807, 2.05) is 24.3 Å². The quantitative estimate of drug-likeness (QED) is 0.761. The molecule has 3 heteroatoms. The first-order chi connectivity index (χ1) is 7.86. The highest BCUT2D eigenvalue weighted by molar-refractivity contribution is 5.81. The van der Waals surface area contributed by atoms with E-state index in [0.717, 1.165) is 16.5 Å². The molecule has 3 N–H and O–H groups in total. The van der Waals surface area contributed by atoms with Gasteiger partial charge in [0.05, 0.1) is 12.8 Å². The van der Waals surface area contributed by atoms with Crippen LogP contribution in [0.15, 0.2) is 34.9 Å². The zero-order chi connectivity index (χ0) is 11.4. The lowest BCUT2D eigenvalue weighted by Crippen LogP contribution is -2.28. The van der Waals surface area contributed by atoms with E-state index < -0.39 is 0 Å². The number of rotatable bonds is 4. The lowest BCUT2D eigenvalue weighted by atomic mass is 10.1. The molecule has 0 aliphatic carbocycles. The normalized spacial score (nSPS) is 12.5. The van der Waals surface area contributed by atoms with Crippen LogP contribution in [0.1, 0.15) is 11.6 Å². The Labute approximate surface area is 94.6 Å². The Morgan fingerprint density at radius 1 is 1.44 bits per heavy atom. The molecular formula is C13H14N2O. The maximum absolute atomic E-state index is 5.72. The second-order valence-corrected chi connectivity index (χ2v) is 3.56. The summed E-state index contributed by atoms with van der Waals surface area (Å²) >= 11 is 0. The predicted molar refractivity (Wildman–Crippen MR) is 64.8 cm³/mol. The number of furan rings is 1. The fourth-order valence-corrected chi connectivity index (χ4v) is 1.77. The van der Waals surface area contributed by atoms with E-state index in [4.69, 9.17) is 16.6 Å². The van der Waals surface area contributed by atoms with E-state index in [9.17, 15) is 0 Å². The predicted octanol–water partition coefficient (Wildman–Crippen LogP) is 1.66. The minimum absolute atomic E-state index is 0.0414. The minimum Gasteiger partial charge on any atom is -0.464 e. The summed E-state index contributed by atoms with van der Waals surface area (Å²) in [6.45, 7) is 0.993. The van der Waals surface area contributed by atoms with Crippen LogP contribution >= 0.6 is 0 Å². The van der Waals surface area contributed by atoms with Crippen molar-refractivity contribution in [1.82, 2.24) is 5.32 Å². The summed E-state index contributed by atoms with van der Waals surface area (Å²) in [5.74, 6) is 2.55. The molecule has 0 saturated carbocycles. The number of hydrogen-bond acceptors (Lipinski definition) is 3. The van der Waals surface area contributed by atoms with Gasteiger partial charge in [-0.2, -0.15) is 0 Å². The zero-order valence-corrected chi connectivity index (χ0v) is 8.94.